The lowest BCUT2D eigenvalue weighted by Crippen LogP contribution is -2.42. The Hall–Kier alpha value is -3.24. The van der Waals surface area contributed by atoms with Crippen LogP contribution in [0.1, 0.15) is 49.0 Å². The molecule has 11 heteroatoms. The van der Waals surface area contributed by atoms with Crippen LogP contribution >= 0.6 is 0 Å². The zero-order valence-corrected chi connectivity index (χ0v) is 17.7. The first-order valence-electron chi connectivity index (χ1n) is 11.1. The predicted molar refractivity (Wildman–Crippen MR) is 110 cm³/mol. The molecular weight excluding hydrogens is 416 g/mol. The summed E-state index contributed by atoms with van der Waals surface area (Å²) in [5.41, 5.74) is -0.500. The third kappa shape index (κ3) is 4.37. The number of likely N-dealkylation sites (tertiary alicyclic amines) is 2. The second-order valence-electron chi connectivity index (χ2n) is 9.11. The van der Waals surface area contributed by atoms with E-state index >= 15 is 0 Å². The van der Waals surface area contributed by atoms with Crippen LogP contribution in [0.2, 0.25) is 0 Å². The number of nitrogens with zero attached hydrogens (tertiary/aromatic N) is 4. The smallest absolute Gasteiger partial charge is 0.272 e. The Kier molecular flexibility index (Phi) is 5.18. The summed E-state index contributed by atoms with van der Waals surface area (Å²) in [6.45, 7) is 0.624. The number of nitrogens with one attached hydrogen (secondary N) is 2. The number of amides is 4. The first-order valence-corrected chi connectivity index (χ1v) is 11.1. The number of carbonyl (C=O) groups excluding carboxylic acids is 4. The van der Waals surface area contributed by atoms with Crippen LogP contribution < -0.4 is 16.2 Å². The van der Waals surface area contributed by atoms with Gasteiger partial charge >= 0.3 is 0 Å². The molecule has 0 aromatic carbocycles. The quantitative estimate of drug-likeness (QED) is 0.534. The van der Waals surface area contributed by atoms with Gasteiger partial charge in [-0.25, -0.2) is 4.68 Å². The summed E-state index contributed by atoms with van der Waals surface area (Å²) in [7, 11) is 0. The van der Waals surface area contributed by atoms with Crippen LogP contribution in [0.4, 0.5) is 0 Å². The average molecular weight is 442 g/mol. The van der Waals surface area contributed by atoms with Gasteiger partial charge in [0.15, 0.2) is 0 Å². The number of carbonyl (C=O) groups is 4. The van der Waals surface area contributed by atoms with Crippen molar-refractivity contribution < 1.29 is 19.2 Å². The number of hydrogen-bond acceptors (Lipinski definition) is 6. The van der Waals surface area contributed by atoms with Gasteiger partial charge in [0, 0.05) is 44.1 Å². The molecule has 1 aromatic rings. The molecule has 2 saturated heterocycles. The lowest BCUT2D eigenvalue weighted by molar-refractivity contribution is -0.129. The van der Waals surface area contributed by atoms with Gasteiger partial charge in [0.1, 0.15) is 12.2 Å². The average Bonchev–Trinajstić information content (AvgIpc) is 3.67. The van der Waals surface area contributed by atoms with Crippen molar-refractivity contribution in [3.05, 3.63) is 28.2 Å². The van der Waals surface area contributed by atoms with Crippen LogP contribution in [-0.2, 0) is 20.9 Å². The van der Waals surface area contributed by atoms with Crippen molar-refractivity contribution in [2.75, 3.05) is 13.1 Å². The summed E-state index contributed by atoms with van der Waals surface area (Å²) in [4.78, 5) is 64.9. The van der Waals surface area contributed by atoms with Crippen LogP contribution in [0, 0.1) is 0 Å². The van der Waals surface area contributed by atoms with Crippen molar-refractivity contribution in [2.45, 2.75) is 69.2 Å². The van der Waals surface area contributed by atoms with Gasteiger partial charge in [-0.1, -0.05) is 0 Å². The molecule has 0 bridgehead atoms. The Bertz CT molecular complexity index is 1030. The van der Waals surface area contributed by atoms with Crippen molar-refractivity contribution in [2.24, 2.45) is 0 Å². The summed E-state index contributed by atoms with van der Waals surface area (Å²) >= 11 is 0. The molecule has 32 heavy (non-hydrogen) atoms. The molecule has 3 heterocycles. The summed E-state index contributed by atoms with van der Waals surface area (Å²) in [6, 6.07) is 2.52. The largest absolute Gasteiger partial charge is 0.349 e. The minimum absolute atomic E-state index is 0.00525. The molecule has 0 radical (unpaired) electrons. The summed E-state index contributed by atoms with van der Waals surface area (Å²) in [6.07, 6.45) is 4.54. The molecule has 1 aromatic heterocycles. The number of aromatic nitrogens is 2. The van der Waals surface area contributed by atoms with Crippen molar-refractivity contribution in [3.8, 4) is 0 Å². The topological polar surface area (TPSA) is 134 Å². The van der Waals surface area contributed by atoms with Crippen LogP contribution in [0.15, 0.2) is 16.9 Å². The Labute approximate surface area is 184 Å². The van der Waals surface area contributed by atoms with Gasteiger partial charge < -0.3 is 20.4 Å². The van der Waals surface area contributed by atoms with Crippen LogP contribution in [0.3, 0.4) is 0 Å². The van der Waals surface area contributed by atoms with Gasteiger partial charge in [-0.05, 0) is 31.7 Å². The third-order valence-corrected chi connectivity index (χ3v) is 6.39. The predicted octanol–water partition coefficient (Wildman–Crippen LogP) is -1.38. The maximum atomic E-state index is 12.6. The second-order valence-corrected chi connectivity index (χ2v) is 9.11. The molecule has 170 valence electrons. The Balaban J connectivity index is 1.17. The molecule has 2 saturated carbocycles. The molecule has 2 aliphatic carbocycles. The molecule has 2 unspecified atom stereocenters. The van der Waals surface area contributed by atoms with Crippen molar-refractivity contribution >= 4 is 23.6 Å². The van der Waals surface area contributed by atoms with E-state index in [9.17, 15) is 24.0 Å². The van der Waals surface area contributed by atoms with E-state index < -0.39 is 17.4 Å². The maximum absolute atomic E-state index is 12.6. The maximum Gasteiger partial charge on any atom is 0.272 e. The molecule has 2 aliphatic heterocycles. The van der Waals surface area contributed by atoms with Crippen molar-refractivity contribution in [1.29, 1.82) is 0 Å². The fraction of sp³-hybridized carbons (Fsp3) is 0.619. The highest BCUT2D eigenvalue weighted by Gasteiger charge is 2.40. The molecular formula is C21H26N6O5. The highest BCUT2D eigenvalue weighted by molar-refractivity contribution is 5.93. The third-order valence-electron chi connectivity index (χ3n) is 6.39. The van der Waals surface area contributed by atoms with Gasteiger partial charge in [0.25, 0.3) is 11.5 Å². The zero-order valence-electron chi connectivity index (χ0n) is 17.7. The highest BCUT2D eigenvalue weighted by atomic mass is 16.2. The molecule has 5 rings (SSSR count). The van der Waals surface area contributed by atoms with Crippen molar-refractivity contribution in [3.63, 3.8) is 0 Å². The van der Waals surface area contributed by atoms with E-state index in [1.807, 2.05) is 4.90 Å². The Morgan fingerprint density at radius 2 is 1.44 bits per heavy atom. The first kappa shape index (κ1) is 20.7. The molecule has 4 amide bonds. The van der Waals surface area contributed by atoms with E-state index in [-0.39, 0.29) is 49.0 Å². The lowest BCUT2D eigenvalue weighted by Gasteiger charge is -2.17. The molecule has 2 atom stereocenters. The van der Waals surface area contributed by atoms with E-state index in [1.54, 1.807) is 4.90 Å². The molecule has 0 spiro atoms. The van der Waals surface area contributed by atoms with Crippen molar-refractivity contribution in [1.82, 2.24) is 30.2 Å². The molecule has 2 N–H and O–H groups in total. The van der Waals surface area contributed by atoms with E-state index in [2.05, 4.69) is 15.7 Å². The SMILES string of the molecule is O=C(Cn1nc(C(=O)NC2CC(=O)N(C3CC3)C2)ccc1=O)NC1CC(=O)N(C2CC2)C1. The monoisotopic (exact) mass is 442 g/mol. The van der Waals surface area contributed by atoms with Gasteiger partial charge in [0.05, 0.1) is 12.1 Å². The standard InChI is InChI=1S/C21H26N6O5/c28-17(22-12-7-19(30)25(9-12)14-1-2-14)11-27-18(29)6-5-16(24-27)21(32)23-13-8-20(31)26(10-13)15-3-4-15/h5-6,12-15H,1-4,7-11H2,(H,22,28)(H,23,32). The minimum atomic E-state index is -0.505. The Morgan fingerprint density at radius 1 is 0.875 bits per heavy atom. The zero-order chi connectivity index (χ0) is 22.4. The fourth-order valence-corrected chi connectivity index (χ4v) is 4.49. The minimum Gasteiger partial charge on any atom is -0.349 e. The van der Waals surface area contributed by atoms with Gasteiger partial charge in [-0.3, -0.25) is 24.0 Å². The van der Waals surface area contributed by atoms with E-state index in [1.165, 1.54) is 12.1 Å². The number of rotatable bonds is 7. The first-order chi connectivity index (χ1) is 15.4. The summed E-state index contributed by atoms with van der Waals surface area (Å²) in [5.74, 6) is -0.847. The molecule has 4 aliphatic rings. The normalized spacial score (nSPS) is 25.4. The molecule has 4 fully saturated rings. The van der Waals surface area contributed by atoms with Gasteiger partial charge in [-0.2, -0.15) is 5.10 Å². The van der Waals surface area contributed by atoms with Gasteiger partial charge in [0.2, 0.25) is 17.7 Å². The molecule has 11 nitrogen and oxygen atoms in total. The van der Waals surface area contributed by atoms with E-state index in [0.29, 0.717) is 25.2 Å². The lowest BCUT2D eigenvalue weighted by atomic mass is 10.2. The van der Waals surface area contributed by atoms with Gasteiger partial charge in [-0.15, -0.1) is 0 Å². The van der Waals surface area contributed by atoms with Crippen LogP contribution in [0.5, 0.6) is 0 Å². The Morgan fingerprint density at radius 3 is 2.00 bits per heavy atom. The highest BCUT2D eigenvalue weighted by Crippen LogP contribution is 2.31. The second kappa shape index (κ2) is 8.03. The summed E-state index contributed by atoms with van der Waals surface area (Å²) < 4.78 is 0.940. The fourth-order valence-electron chi connectivity index (χ4n) is 4.49. The van der Waals surface area contributed by atoms with E-state index in [4.69, 9.17) is 0 Å². The van der Waals surface area contributed by atoms with E-state index in [0.717, 1.165) is 30.4 Å². The number of hydrogen-bond donors (Lipinski definition) is 2. The van der Waals surface area contributed by atoms with Crippen LogP contribution in [-0.4, -0.2) is 80.5 Å². The summed E-state index contributed by atoms with van der Waals surface area (Å²) in [5, 5.41) is 9.62. The van der Waals surface area contributed by atoms with Crippen LogP contribution in [0.25, 0.3) is 0 Å².